The third-order valence-corrected chi connectivity index (χ3v) is 5.26. The summed E-state index contributed by atoms with van der Waals surface area (Å²) >= 11 is 0. The molecule has 138 valence electrons. The van der Waals surface area contributed by atoms with E-state index in [1.165, 1.54) is 13.0 Å². The number of esters is 1. The van der Waals surface area contributed by atoms with E-state index in [0.717, 1.165) is 0 Å². The van der Waals surface area contributed by atoms with Gasteiger partial charge in [-0.15, -0.1) is 0 Å². The smallest absolute Gasteiger partial charge is 0.333 e. The van der Waals surface area contributed by atoms with E-state index in [4.69, 9.17) is 9.47 Å². The summed E-state index contributed by atoms with van der Waals surface area (Å²) in [6.07, 6.45) is 2.63. The van der Waals surface area contributed by atoms with Crippen molar-refractivity contribution in [2.24, 2.45) is 11.8 Å². The summed E-state index contributed by atoms with van der Waals surface area (Å²) in [7, 11) is 0. The molecule has 0 radical (unpaired) electrons. The van der Waals surface area contributed by atoms with Crippen LogP contribution in [0, 0.1) is 11.8 Å². The lowest BCUT2D eigenvalue weighted by atomic mass is 9.81. The van der Waals surface area contributed by atoms with E-state index in [-0.39, 0.29) is 42.5 Å². The molecule has 0 amide bonds. The number of hydrogen-bond donors (Lipinski definition) is 1. The SMILES string of the molecule is C=C(C)C(=O)OC1CC2(C)OC(=CC2=O)C(CO)=CC2CC(=O)C(=C)C21. The number of ether oxygens (including phenoxy) is 2. The third-order valence-electron chi connectivity index (χ3n) is 5.26. The van der Waals surface area contributed by atoms with Gasteiger partial charge in [0.2, 0.25) is 5.78 Å². The number of aliphatic hydroxyl groups is 1. The largest absolute Gasteiger partial charge is 0.479 e. The van der Waals surface area contributed by atoms with Gasteiger partial charge in [-0.25, -0.2) is 4.79 Å². The molecule has 2 heterocycles. The first-order valence-electron chi connectivity index (χ1n) is 8.52. The van der Waals surface area contributed by atoms with Crippen molar-refractivity contribution in [3.05, 3.63) is 47.8 Å². The fourth-order valence-electron chi connectivity index (χ4n) is 3.81. The Labute approximate surface area is 151 Å². The molecule has 0 spiro atoms. The molecule has 2 aliphatic heterocycles. The van der Waals surface area contributed by atoms with Gasteiger partial charge in [-0.1, -0.05) is 19.2 Å². The molecular weight excluding hydrogens is 336 g/mol. The molecule has 4 unspecified atom stereocenters. The quantitative estimate of drug-likeness (QED) is 0.611. The van der Waals surface area contributed by atoms with Crippen molar-refractivity contribution in [2.75, 3.05) is 6.61 Å². The second-order valence-corrected chi connectivity index (χ2v) is 7.33. The highest BCUT2D eigenvalue weighted by Crippen LogP contribution is 2.45. The third kappa shape index (κ3) is 2.94. The van der Waals surface area contributed by atoms with Crippen LogP contribution in [0.25, 0.3) is 0 Å². The van der Waals surface area contributed by atoms with E-state index in [1.54, 1.807) is 13.0 Å². The van der Waals surface area contributed by atoms with E-state index < -0.39 is 23.6 Å². The zero-order valence-corrected chi connectivity index (χ0v) is 14.9. The summed E-state index contributed by atoms with van der Waals surface area (Å²) in [5, 5.41) is 9.72. The minimum absolute atomic E-state index is 0.0882. The second kappa shape index (κ2) is 6.36. The van der Waals surface area contributed by atoms with Gasteiger partial charge in [0.05, 0.1) is 6.61 Å². The van der Waals surface area contributed by atoms with Gasteiger partial charge in [-0.2, -0.15) is 0 Å². The highest BCUT2D eigenvalue weighted by atomic mass is 16.6. The average Bonchev–Trinajstić information content (AvgIpc) is 3.01. The maximum Gasteiger partial charge on any atom is 0.333 e. The fourth-order valence-corrected chi connectivity index (χ4v) is 3.81. The molecule has 0 aromatic rings. The zero-order chi connectivity index (χ0) is 19.2. The molecule has 26 heavy (non-hydrogen) atoms. The van der Waals surface area contributed by atoms with Crippen LogP contribution in [0.3, 0.4) is 0 Å². The van der Waals surface area contributed by atoms with E-state index in [2.05, 4.69) is 13.2 Å². The molecule has 1 saturated carbocycles. The predicted molar refractivity (Wildman–Crippen MR) is 92.8 cm³/mol. The van der Waals surface area contributed by atoms with Crippen LogP contribution in [0.5, 0.6) is 0 Å². The maximum atomic E-state index is 12.5. The van der Waals surface area contributed by atoms with Crippen LogP contribution in [0.4, 0.5) is 0 Å². The summed E-state index contributed by atoms with van der Waals surface area (Å²) in [5.74, 6) is -1.42. The molecule has 0 aromatic heterocycles. The van der Waals surface area contributed by atoms with Crippen LogP contribution in [-0.2, 0) is 23.9 Å². The van der Waals surface area contributed by atoms with E-state index in [1.807, 2.05) is 0 Å². The Hall–Kier alpha value is -2.47. The summed E-state index contributed by atoms with van der Waals surface area (Å²) in [6, 6.07) is 0. The lowest BCUT2D eigenvalue weighted by Crippen LogP contribution is -2.42. The molecule has 6 nitrogen and oxygen atoms in total. The highest BCUT2D eigenvalue weighted by molar-refractivity contribution is 6.01. The van der Waals surface area contributed by atoms with Crippen LogP contribution >= 0.6 is 0 Å². The standard InChI is InChI=1S/C20H22O6/c1-10(2)19(24)25-16-8-20(4)17(23)7-15(26-20)13(9-21)5-12-6-14(22)11(3)18(12)16/h5,7,12,16,18,21H,1,3,6,8-9H2,2,4H3. The normalized spacial score (nSPS) is 33.3. The van der Waals surface area contributed by atoms with Crippen LogP contribution < -0.4 is 0 Å². The molecule has 2 bridgehead atoms. The Morgan fingerprint density at radius 2 is 2.15 bits per heavy atom. The lowest BCUT2D eigenvalue weighted by molar-refractivity contribution is -0.152. The summed E-state index contributed by atoms with van der Waals surface area (Å²) in [4.78, 5) is 36.9. The average molecular weight is 358 g/mol. The van der Waals surface area contributed by atoms with Gasteiger partial charge in [0.1, 0.15) is 11.9 Å². The molecule has 3 rings (SSSR count). The fraction of sp³-hybridized carbons (Fsp3) is 0.450. The van der Waals surface area contributed by atoms with Crippen molar-refractivity contribution < 1.29 is 29.0 Å². The number of ketones is 2. The number of aliphatic hydroxyl groups excluding tert-OH is 1. The summed E-state index contributed by atoms with van der Waals surface area (Å²) < 4.78 is 11.5. The predicted octanol–water partition coefficient (Wildman–Crippen LogP) is 1.80. The summed E-state index contributed by atoms with van der Waals surface area (Å²) in [6.45, 7) is 10.3. The first-order valence-corrected chi connectivity index (χ1v) is 8.52. The van der Waals surface area contributed by atoms with E-state index in [9.17, 15) is 19.5 Å². The van der Waals surface area contributed by atoms with Gasteiger partial charge in [-0.05, 0) is 25.3 Å². The van der Waals surface area contributed by atoms with E-state index in [0.29, 0.717) is 16.9 Å². The monoisotopic (exact) mass is 358 g/mol. The number of allylic oxidation sites excluding steroid dienone is 1. The summed E-state index contributed by atoms with van der Waals surface area (Å²) in [5.41, 5.74) is -0.187. The lowest BCUT2D eigenvalue weighted by Gasteiger charge is -2.32. The molecule has 3 aliphatic rings. The number of rotatable bonds is 3. The van der Waals surface area contributed by atoms with Crippen molar-refractivity contribution in [1.29, 1.82) is 0 Å². The van der Waals surface area contributed by atoms with Gasteiger partial charge in [0.15, 0.2) is 11.4 Å². The Balaban J connectivity index is 2.09. The van der Waals surface area contributed by atoms with Gasteiger partial charge < -0.3 is 14.6 Å². The number of carbonyl (C=O) groups excluding carboxylic acids is 3. The molecule has 6 heteroatoms. The van der Waals surface area contributed by atoms with Crippen LogP contribution in [-0.4, -0.2) is 41.0 Å². The highest BCUT2D eigenvalue weighted by Gasteiger charge is 2.50. The van der Waals surface area contributed by atoms with Crippen molar-refractivity contribution >= 4 is 17.5 Å². The molecule has 1 aliphatic carbocycles. The zero-order valence-electron chi connectivity index (χ0n) is 14.9. The van der Waals surface area contributed by atoms with E-state index >= 15 is 0 Å². The first-order chi connectivity index (χ1) is 12.2. The van der Waals surface area contributed by atoms with Gasteiger partial charge in [-0.3, -0.25) is 9.59 Å². The molecule has 0 saturated heterocycles. The Morgan fingerprint density at radius 1 is 1.46 bits per heavy atom. The number of Topliss-reactive ketones (excluding diaryl/α,β-unsaturated/α-hetero) is 1. The molecule has 1 N–H and O–H groups in total. The Bertz CT molecular complexity index is 786. The molecule has 0 aromatic carbocycles. The number of fused-ring (bicyclic) bond motifs is 3. The van der Waals surface area contributed by atoms with Crippen molar-refractivity contribution in [3.8, 4) is 0 Å². The second-order valence-electron chi connectivity index (χ2n) is 7.33. The van der Waals surface area contributed by atoms with Crippen LogP contribution in [0.2, 0.25) is 0 Å². The van der Waals surface area contributed by atoms with Gasteiger partial charge in [0, 0.05) is 36.0 Å². The Kier molecular flexibility index (Phi) is 4.48. The maximum absolute atomic E-state index is 12.5. The molecular formula is C20H22O6. The van der Waals surface area contributed by atoms with Crippen molar-refractivity contribution in [1.82, 2.24) is 0 Å². The topological polar surface area (TPSA) is 89.9 Å². The van der Waals surface area contributed by atoms with Crippen molar-refractivity contribution in [2.45, 2.75) is 38.4 Å². The molecule has 4 atom stereocenters. The van der Waals surface area contributed by atoms with Crippen LogP contribution in [0.1, 0.15) is 26.7 Å². The van der Waals surface area contributed by atoms with Gasteiger partial charge in [0.25, 0.3) is 0 Å². The van der Waals surface area contributed by atoms with Gasteiger partial charge >= 0.3 is 5.97 Å². The minimum atomic E-state index is -1.23. The Morgan fingerprint density at radius 3 is 2.77 bits per heavy atom. The number of hydrogen-bond acceptors (Lipinski definition) is 6. The number of carbonyl (C=O) groups is 3. The molecule has 1 fully saturated rings. The van der Waals surface area contributed by atoms with Crippen LogP contribution in [0.15, 0.2) is 47.8 Å². The minimum Gasteiger partial charge on any atom is -0.479 e. The van der Waals surface area contributed by atoms with Crippen molar-refractivity contribution in [3.63, 3.8) is 0 Å². The first kappa shape index (κ1) is 18.3.